The lowest BCUT2D eigenvalue weighted by Gasteiger charge is -2.34. The van der Waals surface area contributed by atoms with E-state index in [0.29, 0.717) is 0 Å². The van der Waals surface area contributed by atoms with Gasteiger partial charge < -0.3 is 20.6 Å². The van der Waals surface area contributed by atoms with Crippen LogP contribution in [0, 0.1) is 0 Å². The number of hydrogen-bond donors (Lipinski definition) is 3. The quantitative estimate of drug-likeness (QED) is 0.629. The van der Waals surface area contributed by atoms with Gasteiger partial charge >= 0.3 is 12.0 Å². The van der Waals surface area contributed by atoms with Gasteiger partial charge in [-0.25, -0.2) is 4.79 Å². The lowest BCUT2D eigenvalue weighted by molar-refractivity contribution is -0.138. The first-order valence-corrected chi connectivity index (χ1v) is 5.16. The predicted octanol–water partition coefficient (Wildman–Crippen LogP) is -0.373. The van der Waals surface area contributed by atoms with Crippen LogP contribution in [0.2, 0.25) is 0 Å². The molecule has 0 aromatic heterocycles. The summed E-state index contributed by atoms with van der Waals surface area (Å²) in [6, 6.07) is -0.580. The number of nitrogens with zero attached hydrogens (tertiary/aromatic N) is 1. The Hall–Kier alpha value is -1.79. The number of likely N-dealkylation sites (N-methyl/N-ethyl adjacent to an activating group) is 1. The Morgan fingerprint density at radius 3 is 2.12 bits per heavy atom. The molecule has 0 aliphatic rings. The molecule has 0 atom stereocenters. The largest absolute Gasteiger partial charge is 0.480 e. The van der Waals surface area contributed by atoms with Gasteiger partial charge in [-0.15, -0.1) is 0 Å². The average molecular weight is 245 g/mol. The van der Waals surface area contributed by atoms with Gasteiger partial charge in [-0.1, -0.05) is 0 Å². The summed E-state index contributed by atoms with van der Waals surface area (Å²) in [5, 5.41) is 13.4. The topological polar surface area (TPSA) is 98.7 Å². The van der Waals surface area contributed by atoms with E-state index < -0.39 is 24.1 Å². The standard InChI is InChI=1S/C10H19N3O4/c1-10(2,3)13(6-8(15)16)9(17)12-5-7(14)11-4/h5-6H2,1-4H3,(H,11,14)(H,12,17)(H,15,16). The third kappa shape index (κ3) is 5.74. The van der Waals surface area contributed by atoms with Crippen LogP contribution in [-0.2, 0) is 9.59 Å². The van der Waals surface area contributed by atoms with Crippen LogP contribution in [-0.4, -0.2) is 53.6 Å². The number of urea groups is 1. The summed E-state index contributed by atoms with van der Waals surface area (Å²) in [5.41, 5.74) is -0.634. The second-order valence-electron chi connectivity index (χ2n) is 4.48. The number of aliphatic carboxylic acids is 1. The van der Waals surface area contributed by atoms with E-state index in [1.165, 1.54) is 7.05 Å². The minimum atomic E-state index is -1.10. The Morgan fingerprint density at radius 2 is 1.76 bits per heavy atom. The van der Waals surface area contributed by atoms with Crippen molar-refractivity contribution < 1.29 is 19.5 Å². The highest BCUT2D eigenvalue weighted by molar-refractivity contribution is 5.85. The maximum Gasteiger partial charge on any atom is 0.323 e. The van der Waals surface area contributed by atoms with Crippen molar-refractivity contribution in [3.05, 3.63) is 0 Å². The number of carboxylic acid groups (broad SMARTS) is 1. The fraction of sp³-hybridized carbons (Fsp3) is 0.700. The van der Waals surface area contributed by atoms with Crippen LogP contribution < -0.4 is 10.6 Å². The monoisotopic (exact) mass is 245 g/mol. The van der Waals surface area contributed by atoms with E-state index in [2.05, 4.69) is 10.6 Å². The van der Waals surface area contributed by atoms with Crippen LogP contribution >= 0.6 is 0 Å². The van der Waals surface area contributed by atoms with Crippen LogP contribution in [0.4, 0.5) is 4.79 Å². The highest BCUT2D eigenvalue weighted by Gasteiger charge is 2.28. The second kappa shape index (κ2) is 6.07. The molecule has 0 fully saturated rings. The summed E-state index contributed by atoms with van der Waals surface area (Å²) in [7, 11) is 1.45. The summed E-state index contributed by atoms with van der Waals surface area (Å²) in [4.78, 5) is 34.5. The Bertz CT molecular complexity index is 309. The van der Waals surface area contributed by atoms with E-state index in [0.717, 1.165) is 4.90 Å². The minimum absolute atomic E-state index is 0.179. The molecule has 0 aliphatic heterocycles. The predicted molar refractivity (Wildman–Crippen MR) is 61.6 cm³/mol. The molecule has 0 aliphatic carbocycles. The smallest absolute Gasteiger partial charge is 0.323 e. The minimum Gasteiger partial charge on any atom is -0.480 e. The molecule has 0 saturated carbocycles. The molecule has 0 aromatic carbocycles. The highest BCUT2D eigenvalue weighted by Crippen LogP contribution is 2.12. The molecule has 0 unspecified atom stereocenters. The van der Waals surface area contributed by atoms with Gasteiger partial charge in [-0.2, -0.15) is 0 Å². The van der Waals surface area contributed by atoms with Crippen molar-refractivity contribution in [1.82, 2.24) is 15.5 Å². The average Bonchev–Trinajstić information content (AvgIpc) is 2.20. The highest BCUT2D eigenvalue weighted by atomic mass is 16.4. The fourth-order valence-corrected chi connectivity index (χ4v) is 1.09. The third-order valence-electron chi connectivity index (χ3n) is 2.03. The molecule has 7 heteroatoms. The van der Waals surface area contributed by atoms with Crippen LogP contribution in [0.25, 0.3) is 0 Å². The Morgan fingerprint density at radius 1 is 1.24 bits per heavy atom. The zero-order chi connectivity index (χ0) is 13.6. The van der Waals surface area contributed by atoms with Gasteiger partial charge in [0.25, 0.3) is 0 Å². The molecule has 7 nitrogen and oxygen atoms in total. The van der Waals surface area contributed by atoms with Gasteiger partial charge in [-0.05, 0) is 20.8 Å². The van der Waals surface area contributed by atoms with E-state index in [1.807, 2.05) is 0 Å². The van der Waals surface area contributed by atoms with Gasteiger partial charge in [0.1, 0.15) is 6.54 Å². The maximum atomic E-state index is 11.7. The molecular formula is C10H19N3O4. The molecule has 98 valence electrons. The van der Waals surface area contributed by atoms with Crippen molar-refractivity contribution in [2.75, 3.05) is 20.1 Å². The molecular weight excluding hydrogens is 226 g/mol. The third-order valence-corrected chi connectivity index (χ3v) is 2.03. The van der Waals surface area contributed by atoms with Crippen molar-refractivity contribution >= 4 is 17.9 Å². The molecule has 0 bridgehead atoms. The fourth-order valence-electron chi connectivity index (χ4n) is 1.09. The molecule has 0 radical (unpaired) electrons. The molecule has 17 heavy (non-hydrogen) atoms. The molecule has 0 rings (SSSR count). The SMILES string of the molecule is CNC(=O)CNC(=O)N(CC(=O)O)C(C)(C)C. The Kier molecular flexibility index (Phi) is 5.43. The van der Waals surface area contributed by atoms with Crippen molar-refractivity contribution in [2.45, 2.75) is 26.3 Å². The van der Waals surface area contributed by atoms with Gasteiger partial charge in [0.05, 0.1) is 6.54 Å². The zero-order valence-corrected chi connectivity index (χ0v) is 10.5. The number of rotatable bonds is 4. The molecule has 0 aromatic rings. The van der Waals surface area contributed by atoms with Gasteiger partial charge in [0, 0.05) is 12.6 Å². The number of carbonyl (C=O) groups excluding carboxylic acids is 2. The van der Waals surface area contributed by atoms with Crippen LogP contribution in [0.15, 0.2) is 0 Å². The van der Waals surface area contributed by atoms with Crippen LogP contribution in [0.1, 0.15) is 20.8 Å². The second-order valence-corrected chi connectivity index (χ2v) is 4.48. The van der Waals surface area contributed by atoms with E-state index in [1.54, 1.807) is 20.8 Å². The van der Waals surface area contributed by atoms with Crippen molar-refractivity contribution in [3.63, 3.8) is 0 Å². The number of nitrogens with one attached hydrogen (secondary N) is 2. The van der Waals surface area contributed by atoms with Crippen LogP contribution in [0.3, 0.4) is 0 Å². The van der Waals surface area contributed by atoms with Crippen molar-refractivity contribution in [3.8, 4) is 0 Å². The molecule has 0 spiro atoms. The van der Waals surface area contributed by atoms with E-state index >= 15 is 0 Å². The van der Waals surface area contributed by atoms with E-state index in [-0.39, 0.29) is 12.5 Å². The number of carbonyl (C=O) groups is 3. The van der Waals surface area contributed by atoms with Crippen LogP contribution in [0.5, 0.6) is 0 Å². The van der Waals surface area contributed by atoms with Crippen molar-refractivity contribution in [1.29, 1.82) is 0 Å². The first-order chi connectivity index (χ1) is 7.68. The molecule has 0 heterocycles. The first-order valence-electron chi connectivity index (χ1n) is 5.16. The summed E-state index contributed by atoms with van der Waals surface area (Å²) in [6.07, 6.45) is 0. The summed E-state index contributed by atoms with van der Waals surface area (Å²) in [6.45, 7) is 4.56. The summed E-state index contributed by atoms with van der Waals surface area (Å²) >= 11 is 0. The maximum absolute atomic E-state index is 11.7. The zero-order valence-electron chi connectivity index (χ0n) is 10.5. The number of carboxylic acids is 1. The summed E-state index contributed by atoms with van der Waals surface area (Å²) < 4.78 is 0. The van der Waals surface area contributed by atoms with Crippen molar-refractivity contribution in [2.24, 2.45) is 0 Å². The molecule has 0 saturated heterocycles. The summed E-state index contributed by atoms with van der Waals surface area (Å²) in [5.74, 6) is -1.45. The van der Waals surface area contributed by atoms with Gasteiger partial charge in [0.15, 0.2) is 0 Å². The number of hydrogen-bond acceptors (Lipinski definition) is 3. The Labute approximate surface area is 100 Å². The van der Waals surface area contributed by atoms with E-state index in [4.69, 9.17) is 5.11 Å². The van der Waals surface area contributed by atoms with E-state index in [9.17, 15) is 14.4 Å². The molecule has 3 N–H and O–H groups in total. The Balaban J connectivity index is 4.54. The van der Waals surface area contributed by atoms with Gasteiger partial charge in [0.2, 0.25) is 5.91 Å². The normalized spacial score (nSPS) is 10.6. The first kappa shape index (κ1) is 15.2. The number of amides is 3. The van der Waals surface area contributed by atoms with Gasteiger partial charge in [-0.3, -0.25) is 9.59 Å². The molecule has 3 amide bonds. The lowest BCUT2D eigenvalue weighted by atomic mass is 10.1. The lowest BCUT2D eigenvalue weighted by Crippen LogP contribution is -2.53.